The van der Waals surface area contributed by atoms with Crippen LogP contribution >= 0.6 is 15.9 Å². The Morgan fingerprint density at radius 1 is 1.27 bits per heavy atom. The van der Waals surface area contributed by atoms with Crippen molar-refractivity contribution in [3.63, 3.8) is 0 Å². The van der Waals surface area contributed by atoms with Crippen LogP contribution in [0.25, 0.3) is 9.69 Å². The van der Waals surface area contributed by atoms with Gasteiger partial charge in [-0.1, -0.05) is 6.92 Å². The number of rotatable bonds is 0. The Morgan fingerprint density at radius 2 is 1.45 bits per heavy atom. The first-order valence-corrected chi connectivity index (χ1v) is 4.29. The van der Waals surface area contributed by atoms with Crippen molar-refractivity contribution in [2.75, 3.05) is 18.5 Å². The van der Waals surface area contributed by atoms with E-state index in [0.29, 0.717) is 12.0 Å². The Labute approximate surface area is 77.4 Å². The molecule has 0 aliphatic heterocycles. The predicted octanol–water partition coefficient (Wildman–Crippen LogP) is 2.15. The van der Waals surface area contributed by atoms with Crippen molar-refractivity contribution in [2.45, 2.75) is 13.8 Å². The second-order valence-corrected chi connectivity index (χ2v) is 1.66. The second-order valence-electron chi connectivity index (χ2n) is 1.16. The van der Waals surface area contributed by atoms with Gasteiger partial charge in [0.25, 0.3) is 5.45 Å². The molecule has 2 N–H and O–H groups in total. The molecule has 11 heavy (non-hydrogen) atoms. The first kappa shape index (κ1) is 16.8. The van der Waals surface area contributed by atoms with E-state index >= 15 is 0 Å². The highest BCUT2D eigenvalue weighted by atomic mass is 79.9. The quantitative estimate of drug-likeness (QED) is 0.379. The summed E-state index contributed by atoms with van der Waals surface area (Å²) >= 11 is 2.89. The molecule has 0 saturated carbocycles. The van der Waals surface area contributed by atoms with E-state index in [1.807, 2.05) is 13.8 Å². The molecule has 0 aliphatic carbocycles. The van der Waals surface area contributed by atoms with Gasteiger partial charge < -0.3 is 15.4 Å². The minimum absolute atomic E-state index is 0.424. The molecule has 0 fully saturated rings. The Hall–Kier alpha value is -0.580. The molecule has 0 aromatic carbocycles. The van der Waals surface area contributed by atoms with E-state index in [9.17, 15) is 0 Å². The molecule has 0 bridgehead atoms. The standard InChI is InChI=1S/C3H5N.C2H2BrN.C2H7N/c1-3-4-2;1-4-2-3;1-2-3/h3H2,1H3;2H2;2-3H2,1H3. The van der Waals surface area contributed by atoms with Gasteiger partial charge in [0.05, 0.1) is 0 Å². The lowest BCUT2D eigenvalue weighted by Gasteiger charge is -1.53. The lowest BCUT2D eigenvalue weighted by Crippen LogP contribution is -1.87. The molecule has 0 rings (SSSR count). The Morgan fingerprint density at radius 3 is 1.45 bits per heavy atom. The third kappa shape index (κ3) is 257. The SMILES string of the molecule is CCN.[C-]#[N+]CBr.[C-]#[N+]CC. The summed E-state index contributed by atoms with van der Waals surface area (Å²) in [4.78, 5) is 5.89. The van der Waals surface area contributed by atoms with Crippen molar-refractivity contribution >= 4 is 15.9 Å². The Kier molecular flexibility index (Phi) is 52.2. The zero-order chi connectivity index (χ0) is 9.54. The molecule has 0 saturated heterocycles. The van der Waals surface area contributed by atoms with Crippen LogP contribution in [0.1, 0.15) is 13.8 Å². The van der Waals surface area contributed by atoms with E-state index < -0.39 is 0 Å². The normalized spacial score (nSPS) is 5.27. The van der Waals surface area contributed by atoms with E-state index in [1.165, 1.54) is 0 Å². The predicted molar refractivity (Wildman–Crippen MR) is 52.3 cm³/mol. The first-order chi connectivity index (χ1) is 5.24. The molecular formula is C7H14BrN3. The van der Waals surface area contributed by atoms with Crippen molar-refractivity contribution < 1.29 is 0 Å². The lowest BCUT2D eigenvalue weighted by atomic mass is 10.8. The molecule has 4 heteroatoms. The van der Waals surface area contributed by atoms with E-state index in [-0.39, 0.29) is 0 Å². The van der Waals surface area contributed by atoms with E-state index in [4.69, 9.17) is 18.9 Å². The monoisotopic (exact) mass is 219 g/mol. The van der Waals surface area contributed by atoms with Crippen LogP contribution in [0, 0.1) is 13.1 Å². The number of hydrogen-bond acceptors (Lipinski definition) is 1. The van der Waals surface area contributed by atoms with E-state index in [1.54, 1.807) is 0 Å². The largest absolute Gasteiger partial charge is 0.331 e. The van der Waals surface area contributed by atoms with Crippen molar-refractivity contribution in [3.05, 3.63) is 22.8 Å². The smallest absolute Gasteiger partial charge is 0.267 e. The number of hydrogen-bond donors (Lipinski definition) is 1. The minimum atomic E-state index is 0.424. The first-order valence-electron chi connectivity index (χ1n) is 3.17. The maximum atomic E-state index is 6.08. The van der Waals surface area contributed by atoms with Crippen molar-refractivity contribution in [1.82, 2.24) is 0 Å². The summed E-state index contributed by atoms with van der Waals surface area (Å²) in [6.07, 6.45) is 0. The highest BCUT2D eigenvalue weighted by Gasteiger charge is 1.53. The third-order valence-electron chi connectivity index (χ3n) is 0.218. The molecule has 0 atom stereocenters. The fraction of sp³-hybridized carbons (Fsp3) is 0.714. The molecule has 0 aromatic heterocycles. The average Bonchev–Trinajstić information content (AvgIpc) is 2.06. The number of alkyl halides is 1. The molecule has 0 amide bonds. The van der Waals surface area contributed by atoms with Crippen LogP contribution in [0.2, 0.25) is 0 Å². The maximum absolute atomic E-state index is 6.08. The zero-order valence-corrected chi connectivity index (χ0v) is 8.56. The van der Waals surface area contributed by atoms with Gasteiger partial charge in [0.2, 0.25) is 6.54 Å². The fourth-order valence-corrected chi connectivity index (χ4v) is 0. The average molecular weight is 220 g/mol. The van der Waals surface area contributed by atoms with Gasteiger partial charge in [0.15, 0.2) is 0 Å². The maximum Gasteiger partial charge on any atom is 0.267 e. The van der Waals surface area contributed by atoms with Crippen LogP contribution in [-0.4, -0.2) is 18.5 Å². The summed E-state index contributed by atoms with van der Waals surface area (Å²) in [7, 11) is 0. The van der Waals surface area contributed by atoms with Gasteiger partial charge in [0, 0.05) is 22.9 Å². The van der Waals surface area contributed by atoms with Gasteiger partial charge in [-0.2, -0.15) is 0 Å². The Balaban J connectivity index is -0.0000000886. The van der Waals surface area contributed by atoms with Gasteiger partial charge in [-0.3, -0.25) is 0 Å². The summed E-state index contributed by atoms with van der Waals surface area (Å²) < 4.78 is 0. The third-order valence-corrected chi connectivity index (χ3v) is 0.469. The minimum Gasteiger partial charge on any atom is -0.331 e. The van der Waals surface area contributed by atoms with Crippen molar-refractivity contribution in [2.24, 2.45) is 5.73 Å². The van der Waals surface area contributed by atoms with E-state index in [0.717, 1.165) is 6.54 Å². The van der Waals surface area contributed by atoms with Crippen LogP contribution in [0.3, 0.4) is 0 Å². The molecule has 0 radical (unpaired) electrons. The zero-order valence-electron chi connectivity index (χ0n) is 6.97. The van der Waals surface area contributed by atoms with Crippen LogP contribution in [-0.2, 0) is 0 Å². The second kappa shape index (κ2) is 34.2. The van der Waals surface area contributed by atoms with Gasteiger partial charge in [-0.15, -0.1) is 0 Å². The van der Waals surface area contributed by atoms with Crippen LogP contribution in [0.15, 0.2) is 0 Å². The number of nitrogens with two attached hydrogens (primary N) is 1. The summed E-state index contributed by atoms with van der Waals surface area (Å²) in [5.41, 5.74) is 5.27. The van der Waals surface area contributed by atoms with E-state index in [2.05, 4.69) is 25.6 Å². The molecule has 0 unspecified atom stereocenters. The summed E-state index contributed by atoms with van der Waals surface area (Å²) in [6.45, 7) is 17.2. The van der Waals surface area contributed by atoms with Crippen LogP contribution in [0.4, 0.5) is 0 Å². The molecule has 0 aromatic rings. The molecule has 0 aliphatic rings. The highest BCUT2D eigenvalue weighted by Crippen LogP contribution is 1.73. The highest BCUT2D eigenvalue weighted by molar-refractivity contribution is 9.09. The molecule has 64 valence electrons. The Bertz CT molecular complexity index is 97.8. The summed E-state index contributed by atoms with van der Waals surface area (Å²) in [5, 5.41) is 0. The van der Waals surface area contributed by atoms with Crippen molar-refractivity contribution in [1.29, 1.82) is 0 Å². The van der Waals surface area contributed by atoms with Gasteiger partial charge in [-0.25, -0.2) is 13.1 Å². The van der Waals surface area contributed by atoms with Crippen molar-refractivity contribution in [3.8, 4) is 0 Å². The molecule has 3 nitrogen and oxygen atoms in total. The topological polar surface area (TPSA) is 34.7 Å². The van der Waals surface area contributed by atoms with Gasteiger partial charge >= 0.3 is 0 Å². The number of halogens is 1. The number of nitrogens with zero attached hydrogens (tertiary/aromatic N) is 2. The fourth-order valence-electron chi connectivity index (χ4n) is 0. The van der Waals surface area contributed by atoms with Crippen LogP contribution in [0.5, 0.6) is 0 Å². The molecule has 0 spiro atoms. The molecular weight excluding hydrogens is 206 g/mol. The molecule has 0 heterocycles. The van der Waals surface area contributed by atoms with Gasteiger partial charge in [-0.05, 0) is 6.54 Å². The lowest BCUT2D eigenvalue weighted by molar-refractivity contribution is 1.14. The van der Waals surface area contributed by atoms with Crippen LogP contribution < -0.4 is 5.73 Å². The summed E-state index contributed by atoms with van der Waals surface area (Å²) in [5.74, 6) is 0. The summed E-state index contributed by atoms with van der Waals surface area (Å²) in [6, 6.07) is 0. The van der Waals surface area contributed by atoms with Gasteiger partial charge in [0.1, 0.15) is 0 Å².